The van der Waals surface area contributed by atoms with E-state index in [-0.39, 0.29) is 23.6 Å². The van der Waals surface area contributed by atoms with Gasteiger partial charge >= 0.3 is 0 Å². The number of amides is 1. The molecule has 0 bridgehead atoms. The van der Waals surface area contributed by atoms with Crippen LogP contribution >= 0.6 is 0 Å². The van der Waals surface area contributed by atoms with Gasteiger partial charge in [0.25, 0.3) is 11.8 Å². The summed E-state index contributed by atoms with van der Waals surface area (Å²) >= 11 is 0. The van der Waals surface area contributed by atoms with Crippen molar-refractivity contribution in [3.05, 3.63) is 53.5 Å². The lowest BCUT2D eigenvalue weighted by atomic mass is 9.98. The van der Waals surface area contributed by atoms with Crippen LogP contribution in [0.15, 0.2) is 36.7 Å². The molecule has 0 radical (unpaired) electrons. The van der Waals surface area contributed by atoms with E-state index in [1.807, 2.05) is 24.3 Å². The molecule has 7 heteroatoms. The highest BCUT2D eigenvalue weighted by Crippen LogP contribution is 2.24. The number of fused-ring (bicyclic) bond motifs is 1. The van der Waals surface area contributed by atoms with Gasteiger partial charge in [-0.3, -0.25) is 4.79 Å². The molecule has 2 aromatic rings. The van der Waals surface area contributed by atoms with E-state index in [1.165, 1.54) is 18.0 Å². The van der Waals surface area contributed by atoms with Crippen molar-refractivity contribution in [2.24, 2.45) is 0 Å². The average molecular weight is 364 g/mol. The van der Waals surface area contributed by atoms with Gasteiger partial charge in [0.1, 0.15) is 18.3 Å². The highest BCUT2D eigenvalue weighted by Gasteiger charge is 2.33. The van der Waals surface area contributed by atoms with Gasteiger partial charge in [-0.25, -0.2) is 9.97 Å². The molecule has 2 aliphatic heterocycles. The number of nitrogens with zero attached hydrogens (tertiary/aromatic N) is 4. The van der Waals surface area contributed by atoms with Crippen LogP contribution in [-0.4, -0.2) is 46.1 Å². The number of carbonyl (C=O) groups is 1. The lowest BCUT2D eigenvalue weighted by Crippen LogP contribution is -2.50. The van der Waals surface area contributed by atoms with Crippen LogP contribution in [0.2, 0.25) is 0 Å². The van der Waals surface area contributed by atoms with Crippen molar-refractivity contribution < 1.29 is 14.3 Å². The molecule has 1 amide bonds. The van der Waals surface area contributed by atoms with Gasteiger partial charge < -0.3 is 14.4 Å². The van der Waals surface area contributed by atoms with Crippen LogP contribution in [-0.2, 0) is 22.6 Å². The Bertz CT molecular complexity index is 880. The second-order valence-electron chi connectivity index (χ2n) is 6.76. The summed E-state index contributed by atoms with van der Waals surface area (Å²) in [5.41, 5.74) is 2.48. The van der Waals surface area contributed by atoms with Crippen molar-refractivity contribution in [2.45, 2.75) is 38.1 Å². The predicted octanol–water partition coefficient (Wildman–Crippen LogP) is 1.86. The zero-order valence-electron chi connectivity index (χ0n) is 14.9. The first-order chi connectivity index (χ1) is 13.2. The molecule has 1 aromatic carbocycles. The Labute approximate surface area is 157 Å². The first-order valence-corrected chi connectivity index (χ1v) is 9.09. The van der Waals surface area contributed by atoms with Gasteiger partial charge in [0.2, 0.25) is 5.69 Å². The van der Waals surface area contributed by atoms with E-state index in [2.05, 4.69) is 16.0 Å². The molecule has 0 unspecified atom stereocenters. The lowest BCUT2D eigenvalue weighted by Gasteiger charge is -2.35. The minimum atomic E-state index is -0.454. The Morgan fingerprint density at radius 3 is 2.93 bits per heavy atom. The second-order valence-corrected chi connectivity index (χ2v) is 6.76. The van der Waals surface area contributed by atoms with Crippen molar-refractivity contribution in [1.82, 2.24) is 14.9 Å². The third-order valence-electron chi connectivity index (χ3n) is 4.98. The Morgan fingerprint density at radius 1 is 1.26 bits per heavy atom. The summed E-state index contributed by atoms with van der Waals surface area (Å²) in [7, 11) is 0. The molecule has 138 valence electrons. The maximum absolute atomic E-state index is 12.9. The van der Waals surface area contributed by atoms with Crippen molar-refractivity contribution >= 4 is 5.91 Å². The zero-order valence-corrected chi connectivity index (χ0v) is 14.9. The summed E-state index contributed by atoms with van der Waals surface area (Å²) in [5.74, 6) is 0.222. The molecule has 2 atom stereocenters. The van der Waals surface area contributed by atoms with Crippen LogP contribution in [0.3, 0.4) is 0 Å². The van der Waals surface area contributed by atoms with Crippen molar-refractivity contribution in [1.29, 1.82) is 5.26 Å². The maximum atomic E-state index is 12.9. The molecule has 0 N–H and O–H groups in total. The van der Waals surface area contributed by atoms with Crippen molar-refractivity contribution in [3.8, 4) is 11.9 Å². The van der Waals surface area contributed by atoms with Gasteiger partial charge in [-0.15, -0.1) is 0 Å². The first kappa shape index (κ1) is 17.4. The molecule has 4 rings (SSSR count). The third kappa shape index (κ3) is 3.76. The van der Waals surface area contributed by atoms with E-state index in [1.54, 1.807) is 4.90 Å². The summed E-state index contributed by atoms with van der Waals surface area (Å²) in [4.78, 5) is 22.8. The standard InChI is InChI=1S/C20H20N4O3/c21-11-17-19(23-8-7-22-17)27-16-6-3-9-24(12-16)20(25)18-10-14-4-1-2-5-15(14)13-26-18/h1-2,4-5,7-8,16,18H,3,6,9-10,12-13H2/t16-,18-/m0/s1. The lowest BCUT2D eigenvalue weighted by molar-refractivity contribution is -0.148. The van der Waals surface area contributed by atoms with Crippen LogP contribution in [0, 0.1) is 11.3 Å². The van der Waals surface area contributed by atoms with Gasteiger partial charge in [0, 0.05) is 25.4 Å². The zero-order chi connectivity index (χ0) is 18.6. The predicted molar refractivity (Wildman–Crippen MR) is 95.7 cm³/mol. The molecule has 1 saturated heterocycles. The number of hydrogen-bond acceptors (Lipinski definition) is 6. The molecule has 0 spiro atoms. The third-order valence-corrected chi connectivity index (χ3v) is 4.98. The van der Waals surface area contributed by atoms with E-state index < -0.39 is 6.10 Å². The number of rotatable bonds is 3. The minimum absolute atomic E-state index is 0.00236. The number of hydrogen-bond donors (Lipinski definition) is 0. The molecule has 7 nitrogen and oxygen atoms in total. The Kier molecular flexibility index (Phi) is 4.99. The number of aromatic nitrogens is 2. The summed E-state index contributed by atoms with van der Waals surface area (Å²) in [5, 5.41) is 9.12. The number of ether oxygens (including phenoxy) is 2. The highest BCUT2D eigenvalue weighted by atomic mass is 16.5. The van der Waals surface area contributed by atoms with Gasteiger partial charge in [-0.2, -0.15) is 5.26 Å². The quantitative estimate of drug-likeness (QED) is 0.826. The average Bonchev–Trinajstić information content (AvgIpc) is 2.73. The molecule has 0 saturated carbocycles. The van der Waals surface area contributed by atoms with Gasteiger partial charge in [0.05, 0.1) is 13.2 Å². The molecule has 1 fully saturated rings. The SMILES string of the molecule is N#Cc1nccnc1O[C@H]1CCCN(C(=O)[C@@H]2Cc3ccccc3CO2)C1. The van der Waals surface area contributed by atoms with Crippen LogP contribution in [0.4, 0.5) is 0 Å². The fraction of sp³-hybridized carbons (Fsp3) is 0.400. The van der Waals surface area contributed by atoms with Crippen LogP contribution in [0.5, 0.6) is 5.88 Å². The van der Waals surface area contributed by atoms with Crippen molar-refractivity contribution in [3.63, 3.8) is 0 Å². The van der Waals surface area contributed by atoms with Crippen LogP contribution in [0.25, 0.3) is 0 Å². The van der Waals surface area contributed by atoms with E-state index >= 15 is 0 Å². The molecule has 27 heavy (non-hydrogen) atoms. The van der Waals surface area contributed by atoms with Crippen LogP contribution in [0.1, 0.15) is 29.7 Å². The molecule has 3 heterocycles. The monoisotopic (exact) mass is 364 g/mol. The Hall–Kier alpha value is -2.98. The number of piperidine rings is 1. The minimum Gasteiger partial charge on any atom is -0.470 e. The number of likely N-dealkylation sites (tertiary alicyclic amines) is 1. The number of nitriles is 1. The van der Waals surface area contributed by atoms with Gasteiger partial charge in [-0.1, -0.05) is 24.3 Å². The second kappa shape index (κ2) is 7.72. The molecular formula is C20H20N4O3. The van der Waals surface area contributed by atoms with E-state index in [9.17, 15) is 4.79 Å². The first-order valence-electron chi connectivity index (χ1n) is 9.09. The van der Waals surface area contributed by atoms with Gasteiger partial charge in [0.15, 0.2) is 0 Å². The summed E-state index contributed by atoms with van der Waals surface area (Å²) in [6.45, 7) is 1.61. The van der Waals surface area contributed by atoms with E-state index in [0.29, 0.717) is 26.1 Å². The van der Waals surface area contributed by atoms with E-state index in [0.717, 1.165) is 18.4 Å². The topological polar surface area (TPSA) is 88.3 Å². The molecule has 0 aliphatic carbocycles. The summed E-state index contributed by atoms with van der Waals surface area (Å²) < 4.78 is 11.7. The molecular weight excluding hydrogens is 344 g/mol. The fourth-order valence-corrected chi connectivity index (χ4v) is 3.59. The van der Waals surface area contributed by atoms with Crippen molar-refractivity contribution in [2.75, 3.05) is 13.1 Å². The smallest absolute Gasteiger partial charge is 0.252 e. The largest absolute Gasteiger partial charge is 0.470 e. The summed E-state index contributed by atoms with van der Waals surface area (Å²) in [6.07, 6.45) is 4.53. The van der Waals surface area contributed by atoms with E-state index in [4.69, 9.17) is 14.7 Å². The van der Waals surface area contributed by atoms with Gasteiger partial charge in [-0.05, 0) is 24.0 Å². The number of benzene rings is 1. The molecule has 2 aliphatic rings. The fourth-order valence-electron chi connectivity index (χ4n) is 3.59. The Balaban J connectivity index is 1.41. The normalized spacial score (nSPS) is 21.8. The summed E-state index contributed by atoms with van der Waals surface area (Å²) in [6, 6.07) is 10.0. The number of carbonyl (C=O) groups excluding carboxylic acids is 1. The highest BCUT2D eigenvalue weighted by molar-refractivity contribution is 5.81. The maximum Gasteiger partial charge on any atom is 0.252 e. The Morgan fingerprint density at radius 2 is 2.07 bits per heavy atom. The molecule has 1 aromatic heterocycles. The van der Waals surface area contributed by atoms with Crippen LogP contribution < -0.4 is 4.74 Å².